The number of ether oxygens (including phenoxy) is 2. The van der Waals surface area contributed by atoms with Crippen LogP contribution in [0, 0.1) is 24.7 Å². The Hall–Kier alpha value is -4.65. The number of barbiturate groups is 1. The lowest BCUT2D eigenvalue weighted by Crippen LogP contribution is -2.54. The van der Waals surface area contributed by atoms with Crippen molar-refractivity contribution in [1.29, 1.82) is 0 Å². The molecule has 0 radical (unpaired) electrons. The SMILES string of the molecule is C=CCc1cc(/C=C2\C(=O)NC(=O)N(c3ccc(C45CC6CC(CC(C6)C4)C5)cc3)C2=O)cc(OCC)c1OCc1cccc(C)c1. The highest BCUT2D eigenvalue weighted by Gasteiger charge is 2.51. The van der Waals surface area contributed by atoms with Crippen LogP contribution in [-0.2, 0) is 28.0 Å². The number of allylic oxidation sites excluding steroid dienone is 1. The van der Waals surface area contributed by atoms with E-state index in [1.807, 2.05) is 50.2 Å². The van der Waals surface area contributed by atoms with E-state index in [-0.39, 0.29) is 11.0 Å². The van der Waals surface area contributed by atoms with E-state index in [0.29, 0.717) is 42.4 Å². The predicted molar refractivity (Wildman–Crippen MR) is 182 cm³/mol. The highest BCUT2D eigenvalue weighted by Crippen LogP contribution is 2.60. The van der Waals surface area contributed by atoms with Crippen molar-refractivity contribution >= 4 is 29.6 Å². The molecule has 4 aliphatic carbocycles. The number of benzene rings is 3. The van der Waals surface area contributed by atoms with Crippen molar-refractivity contribution in [2.45, 2.75) is 70.8 Å². The lowest BCUT2D eigenvalue weighted by Gasteiger charge is -2.57. The molecule has 0 atom stereocenters. The lowest BCUT2D eigenvalue weighted by atomic mass is 9.48. The number of hydrogen-bond donors (Lipinski definition) is 1. The fourth-order valence-electron chi connectivity index (χ4n) is 8.94. The molecule has 3 aromatic rings. The number of carbonyl (C=O) groups excluding carboxylic acids is 3. The monoisotopic (exact) mass is 630 g/mol. The van der Waals surface area contributed by atoms with Gasteiger partial charge in [-0.25, -0.2) is 9.69 Å². The molecule has 1 saturated heterocycles. The molecule has 8 rings (SSSR count). The van der Waals surface area contributed by atoms with Crippen molar-refractivity contribution in [3.05, 3.63) is 107 Å². The van der Waals surface area contributed by atoms with E-state index in [4.69, 9.17) is 9.47 Å². The van der Waals surface area contributed by atoms with E-state index in [0.717, 1.165) is 39.3 Å². The second kappa shape index (κ2) is 12.5. The number of anilines is 1. The van der Waals surface area contributed by atoms with Crippen molar-refractivity contribution in [3.63, 3.8) is 0 Å². The van der Waals surface area contributed by atoms with Crippen LogP contribution < -0.4 is 19.7 Å². The van der Waals surface area contributed by atoms with Crippen molar-refractivity contribution in [2.75, 3.05) is 11.5 Å². The molecule has 0 aromatic heterocycles. The second-order valence-electron chi connectivity index (χ2n) is 13.9. The van der Waals surface area contributed by atoms with Gasteiger partial charge < -0.3 is 9.47 Å². The van der Waals surface area contributed by atoms with E-state index in [2.05, 4.69) is 30.1 Å². The maximum Gasteiger partial charge on any atom is 0.335 e. The average molecular weight is 631 g/mol. The summed E-state index contributed by atoms with van der Waals surface area (Å²) in [6, 6.07) is 18.9. The van der Waals surface area contributed by atoms with Gasteiger partial charge in [-0.05, 0) is 129 Å². The number of hydrogen-bond acceptors (Lipinski definition) is 5. The number of amides is 4. The zero-order valence-corrected chi connectivity index (χ0v) is 27.2. The first-order valence-corrected chi connectivity index (χ1v) is 16.9. The Kier molecular flexibility index (Phi) is 8.25. The molecule has 1 heterocycles. The molecular weight excluding hydrogens is 588 g/mol. The summed E-state index contributed by atoms with van der Waals surface area (Å²) in [4.78, 5) is 41.0. The zero-order valence-electron chi connectivity index (χ0n) is 27.2. The normalized spacial score (nSPS) is 25.7. The first-order valence-electron chi connectivity index (χ1n) is 16.9. The first kappa shape index (κ1) is 31.0. The van der Waals surface area contributed by atoms with Gasteiger partial charge in [0.1, 0.15) is 12.2 Å². The largest absolute Gasteiger partial charge is 0.490 e. The highest BCUT2D eigenvalue weighted by atomic mass is 16.5. The maximum absolute atomic E-state index is 13.8. The minimum atomic E-state index is -0.748. The molecule has 4 amide bonds. The molecule has 0 spiro atoms. The Morgan fingerprint density at radius 2 is 1.64 bits per heavy atom. The number of aryl methyl sites for hydroxylation is 1. The van der Waals surface area contributed by atoms with Crippen molar-refractivity contribution < 1.29 is 23.9 Å². The van der Waals surface area contributed by atoms with Crippen molar-refractivity contribution in [3.8, 4) is 11.5 Å². The fraction of sp³-hybridized carbons (Fsp3) is 0.375. The Morgan fingerprint density at radius 1 is 0.936 bits per heavy atom. The molecule has 4 bridgehead atoms. The molecule has 0 unspecified atom stereocenters. The molecule has 47 heavy (non-hydrogen) atoms. The van der Waals surface area contributed by atoms with Gasteiger partial charge >= 0.3 is 6.03 Å². The van der Waals surface area contributed by atoms with Crippen LogP contribution in [0.1, 0.15) is 73.3 Å². The van der Waals surface area contributed by atoms with Crippen LogP contribution in [0.3, 0.4) is 0 Å². The van der Waals surface area contributed by atoms with E-state index in [1.165, 1.54) is 50.2 Å². The molecule has 1 aliphatic heterocycles. The molecular formula is C40H42N2O5. The Bertz CT molecular complexity index is 1740. The molecule has 1 N–H and O–H groups in total. The summed E-state index contributed by atoms with van der Waals surface area (Å²) in [5, 5.41) is 2.37. The Labute approximate surface area is 276 Å². The van der Waals surface area contributed by atoms with E-state index >= 15 is 0 Å². The minimum absolute atomic E-state index is 0.129. The smallest absolute Gasteiger partial charge is 0.335 e. The number of nitrogens with one attached hydrogen (secondary N) is 1. The summed E-state index contributed by atoms with van der Waals surface area (Å²) in [5.41, 5.74) is 5.39. The summed E-state index contributed by atoms with van der Waals surface area (Å²) in [5.74, 6) is 2.15. The van der Waals surface area contributed by atoms with E-state index in [9.17, 15) is 14.4 Å². The molecule has 7 nitrogen and oxygen atoms in total. The van der Waals surface area contributed by atoms with E-state index in [1.54, 1.807) is 12.1 Å². The van der Waals surface area contributed by atoms with Gasteiger partial charge in [-0.2, -0.15) is 0 Å². The number of urea groups is 1. The minimum Gasteiger partial charge on any atom is -0.490 e. The Balaban J connectivity index is 1.17. The topological polar surface area (TPSA) is 84.9 Å². The number of nitrogens with zero attached hydrogens (tertiary/aromatic N) is 1. The summed E-state index contributed by atoms with van der Waals surface area (Å²) < 4.78 is 12.3. The highest BCUT2D eigenvalue weighted by molar-refractivity contribution is 6.39. The van der Waals surface area contributed by atoms with Gasteiger partial charge in [0.25, 0.3) is 11.8 Å². The van der Waals surface area contributed by atoms with Gasteiger partial charge in [0.15, 0.2) is 11.5 Å². The van der Waals surface area contributed by atoms with Crippen molar-refractivity contribution in [2.24, 2.45) is 17.8 Å². The van der Waals surface area contributed by atoms with Gasteiger partial charge in [0, 0.05) is 5.56 Å². The fourth-order valence-corrected chi connectivity index (χ4v) is 8.94. The van der Waals surface area contributed by atoms with Crippen LogP contribution in [-0.4, -0.2) is 24.5 Å². The summed E-state index contributed by atoms with van der Waals surface area (Å²) in [7, 11) is 0. The second-order valence-corrected chi connectivity index (χ2v) is 13.9. The van der Waals surface area contributed by atoms with Crippen LogP contribution in [0.2, 0.25) is 0 Å². The van der Waals surface area contributed by atoms with E-state index < -0.39 is 17.8 Å². The van der Waals surface area contributed by atoms with Crippen LogP contribution in [0.25, 0.3) is 6.08 Å². The van der Waals surface area contributed by atoms with Crippen molar-refractivity contribution in [1.82, 2.24) is 5.32 Å². The first-order chi connectivity index (χ1) is 22.7. The lowest BCUT2D eigenvalue weighted by molar-refractivity contribution is -0.122. The zero-order chi connectivity index (χ0) is 32.7. The molecule has 5 aliphatic rings. The molecule has 5 fully saturated rings. The van der Waals surface area contributed by atoms with Crippen LogP contribution in [0.15, 0.2) is 78.9 Å². The third kappa shape index (κ3) is 5.99. The van der Waals surface area contributed by atoms with Gasteiger partial charge in [0.2, 0.25) is 0 Å². The summed E-state index contributed by atoms with van der Waals surface area (Å²) >= 11 is 0. The third-order valence-corrected chi connectivity index (χ3v) is 10.5. The number of carbonyl (C=O) groups is 3. The molecule has 4 saturated carbocycles. The maximum atomic E-state index is 13.8. The van der Waals surface area contributed by atoms with Gasteiger partial charge in [-0.1, -0.05) is 48.0 Å². The summed E-state index contributed by atoms with van der Waals surface area (Å²) in [6.07, 6.45) is 11.6. The van der Waals surface area contributed by atoms with Crippen LogP contribution in [0.5, 0.6) is 11.5 Å². The molecule has 7 heteroatoms. The molecule has 242 valence electrons. The quantitative estimate of drug-likeness (QED) is 0.140. The predicted octanol–water partition coefficient (Wildman–Crippen LogP) is 7.84. The van der Waals surface area contributed by atoms with Gasteiger partial charge in [0.05, 0.1) is 12.3 Å². The van der Waals surface area contributed by atoms with Gasteiger partial charge in [-0.15, -0.1) is 6.58 Å². The standard InChI is InChI=1S/C40H42N2O5/c1-4-7-31-18-27(20-35(46-5-2)36(31)47-24-26-9-6-8-25(3)14-26)19-34-37(43)41-39(45)42(38(34)44)33-12-10-32(11-13-33)40-21-28-15-29(22-40)17-30(16-28)23-40/h4,6,8-14,18-20,28-30H,1,5,7,15-17,21-24H2,2-3H3,(H,41,43,45)/b34-19+. The van der Waals surface area contributed by atoms with Crippen LogP contribution >= 0.6 is 0 Å². The third-order valence-electron chi connectivity index (χ3n) is 10.5. The average Bonchev–Trinajstić information content (AvgIpc) is 3.03. The van der Waals surface area contributed by atoms with Gasteiger partial charge in [-0.3, -0.25) is 14.9 Å². The Morgan fingerprint density at radius 3 is 2.28 bits per heavy atom. The summed E-state index contributed by atoms with van der Waals surface area (Å²) in [6.45, 7) is 8.58. The van der Waals surface area contributed by atoms with Crippen LogP contribution in [0.4, 0.5) is 10.5 Å². The number of rotatable bonds is 10. The molecule has 3 aromatic carbocycles. The number of imide groups is 2.